The van der Waals surface area contributed by atoms with Crippen LogP contribution in [0.5, 0.6) is 0 Å². The zero-order valence-electron chi connectivity index (χ0n) is 34.4. The van der Waals surface area contributed by atoms with Gasteiger partial charge >= 0.3 is 12.1 Å². The Hall–Kier alpha value is -4.29. The zero-order valence-corrected chi connectivity index (χ0v) is 34.4. The Morgan fingerprint density at radius 3 is 2.39 bits per heavy atom. The second-order valence-electron chi connectivity index (χ2n) is 16.2. The van der Waals surface area contributed by atoms with Gasteiger partial charge in [-0.2, -0.15) is 0 Å². The number of nitrogen functional groups attached to an aromatic ring is 1. The van der Waals surface area contributed by atoms with Crippen LogP contribution in [0.25, 0.3) is 11.4 Å². The standard InChI is InChI=1S/C40H59N7O10/c1-10-29-40(8)34(47(38(52)57-40)17-12-11-16-46-20-28(44-45-46)27-14-13-15-30(42)43-27)23(4)31(48)21(2)19-39(7,53-9)35(24(5)32(49)25(6)36(51)55-29)56-37-33(50)26(41)18-22(3)54-37/h11-15,20-26,29,33-35,37,50H,10,16-19,41H2,1-9H3,(H2,42,43)/b12-11+/t21-,22-,23+,24+,25-,26?,29-,33?,34-,35-,37+,39-,40-/m1/s1. The van der Waals surface area contributed by atoms with Crippen LogP contribution in [0.15, 0.2) is 36.5 Å². The van der Waals surface area contributed by atoms with Crippen LogP contribution >= 0.6 is 0 Å². The number of aliphatic hydroxyl groups is 1. The summed E-state index contributed by atoms with van der Waals surface area (Å²) in [5.74, 6) is -4.92. The van der Waals surface area contributed by atoms with Crippen molar-refractivity contribution in [3.8, 4) is 11.4 Å². The summed E-state index contributed by atoms with van der Waals surface area (Å²) in [5, 5.41) is 19.3. The number of aliphatic hydroxyl groups excluding tert-OH is 1. The minimum atomic E-state index is -1.46. The number of hydrogen-bond acceptors (Lipinski definition) is 15. The van der Waals surface area contributed by atoms with Gasteiger partial charge in [-0.05, 0) is 59.1 Å². The van der Waals surface area contributed by atoms with E-state index < -0.39 is 89.4 Å². The van der Waals surface area contributed by atoms with Gasteiger partial charge in [-0.15, -0.1) is 5.10 Å². The van der Waals surface area contributed by atoms with Crippen molar-refractivity contribution < 1.29 is 48.0 Å². The number of amides is 1. The Morgan fingerprint density at radius 2 is 1.72 bits per heavy atom. The molecule has 17 heteroatoms. The summed E-state index contributed by atoms with van der Waals surface area (Å²) in [6.07, 6.45) is 0.475. The predicted octanol–water partition coefficient (Wildman–Crippen LogP) is 3.08. The maximum absolute atomic E-state index is 14.6. The van der Waals surface area contributed by atoms with E-state index in [9.17, 15) is 24.3 Å². The molecule has 0 bridgehead atoms. The van der Waals surface area contributed by atoms with E-state index in [1.54, 1.807) is 76.7 Å². The number of methoxy groups -OCH3 is 1. The number of rotatable bonds is 9. The molecular weight excluding hydrogens is 738 g/mol. The van der Waals surface area contributed by atoms with Gasteiger partial charge in [0.15, 0.2) is 17.7 Å². The molecule has 57 heavy (non-hydrogen) atoms. The summed E-state index contributed by atoms with van der Waals surface area (Å²) in [6, 6.07) is 3.72. The van der Waals surface area contributed by atoms with Crippen molar-refractivity contribution in [2.24, 2.45) is 29.4 Å². The molecule has 2 aromatic heterocycles. The molecular formula is C40H59N7O10. The van der Waals surface area contributed by atoms with Gasteiger partial charge in [0.1, 0.15) is 35.4 Å². The third kappa shape index (κ3) is 9.07. The van der Waals surface area contributed by atoms with Crippen molar-refractivity contribution in [3.05, 3.63) is 36.5 Å². The van der Waals surface area contributed by atoms with Crippen LogP contribution in [0, 0.1) is 23.7 Å². The third-order valence-corrected chi connectivity index (χ3v) is 11.9. The molecule has 0 aliphatic carbocycles. The number of anilines is 1. The first-order valence-corrected chi connectivity index (χ1v) is 19.7. The van der Waals surface area contributed by atoms with Crippen LogP contribution < -0.4 is 11.5 Å². The van der Waals surface area contributed by atoms with Gasteiger partial charge in [0.2, 0.25) is 0 Å². The van der Waals surface area contributed by atoms with Crippen LogP contribution in [-0.2, 0) is 44.6 Å². The van der Waals surface area contributed by atoms with Crippen LogP contribution in [0.3, 0.4) is 0 Å². The van der Waals surface area contributed by atoms with E-state index in [0.717, 1.165) is 0 Å². The molecule has 5 N–H and O–H groups in total. The average Bonchev–Trinajstić information content (AvgIpc) is 3.75. The minimum absolute atomic E-state index is 0.0657. The first kappa shape index (κ1) is 43.8. The highest BCUT2D eigenvalue weighted by Gasteiger charge is 2.60. The van der Waals surface area contributed by atoms with E-state index in [4.69, 9.17) is 35.2 Å². The van der Waals surface area contributed by atoms with Crippen molar-refractivity contribution in [1.82, 2.24) is 24.9 Å². The number of carbonyl (C=O) groups excluding carboxylic acids is 4. The van der Waals surface area contributed by atoms with E-state index in [1.165, 1.54) is 18.9 Å². The van der Waals surface area contributed by atoms with Gasteiger partial charge in [0, 0.05) is 37.5 Å². The fourth-order valence-electron chi connectivity index (χ4n) is 8.68. The van der Waals surface area contributed by atoms with Gasteiger partial charge in [-0.3, -0.25) is 19.3 Å². The van der Waals surface area contributed by atoms with E-state index in [1.807, 2.05) is 13.0 Å². The number of ether oxygens (including phenoxy) is 5. The Morgan fingerprint density at radius 1 is 1.02 bits per heavy atom. The van der Waals surface area contributed by atoms with Gasteiger partial charge in [-0.1, -0.05) is 51.1 Å². The largest absolute Gasteiger partial charge is 0.458 e. The van der Waals surface area contributed by atoms with Crippen LogP contribution in [0.4, 0.5) is 10.6 Å². The molecule has 3 fully saturated rings. The molecule has 13 atom stereocenters. The van der Waals surface area contributed by atoms with Crippen LogP contribution in [-0.4, -0.2) is 121 Å². The zero-order chi connectivity index (χ0) is 42.0. The number of esters is 1. The second-order valence-corrected chi connectivity index (χ2v) is 16.2. The van der Waals surface area contributed by atoms with Gasteiger partial charge < -0.3 is 40.3 Å². The highest BCUT2D eigenvalue weighted by molar-refractivity contribution is 6.00. The third-order valence-electron chi connectivity index (χ3n) is 11.9. The maximum Gasteiger partial charge on any atom is 0.411 e. The Kier molecular flexibility index (Phi) is 13.6. The lowest BCUT2D eigenvalue weighted by molar-refractivity contribution is -0.288. The highest BCUT2D eigenvalue weighted by Crippen LogP contribution is 2.43. The molecule has 2 aromatic rings. The molecule has 5 rings (SSSR count). The van der Waals surface area contributed by atoms with Gasteiger partial charge in [0.25, 0.3) is 0 Å². The first-order chi connectivity index (χ1) is 26.8. The maximum atomic E-state index is 14.6. The lowest BCUT2D eigenvalue weighted by atomic mass is 9.73. The summed E-state index contributed by atoms with van der Waals surface area (Å²) < 4.78 is 32.3. The fourth-order valence-corrected chi connectivity index (χ4v) is 8.68. The monoisotopic (exact) mass is 797 g/mol. The van der Waals surface area contributed by atoms with Crippen molar-refractivity contribution in [2.45, 2.75) is 135 Å². The second kappa shape index (κ2) is 17.7. The Bertz CT molecular complexity index is 1810. The topological polar surface area (TPSA) is 234 Å². The number of nitrogens with two attached hydrogens (primary N) is 2. The number of carbonyl (C=O) groups is 4. The molecule has 5 heterocycles. The molecule has 0 spiro atoms. The molecule has 0 aromatic carbocycles. The van der Waals surface area contributed by atoms with E-state index in [0.29, 0.717) is 30.2 Å². The fraction of sp³-hybridized carbons (Fsp3) is 0.675. The quantitative estimate of drug-likeness (QED) is 0.188. The average molecular weight is 798 g/mol. The predicted molar refractivity (Wildman–Crippen MR) is 207 cm³/mol. The normalized spacial score (nSPS) is 37.2. The molecule has 2 unspecified atom stereocenters. The number of ketones is 2. The summed E-state index contributed by atoms with van der Waals surface area (Å²) in [5.41, 5.74) is 10.4. The molecule has 3 saturated heterocycles. The molecule has 0 saturated carbocycles. The van der Waals surface area contributed by atoms with Crippen molar-refractivity contribution in [1.29, 1.82) is 0 Å². The lowest BCUT2D eigenvalue weighted by Gasteiger charge is -2.46. The number of aromatic nitrogens is 4. The number of allylic oxidation sites excluding steroid dienone is 1. The molecule has 3 aliphatic heterocycles. The number of hydrogen-bond donors (Lipinski definition) is 3. The lowest BCUT2D eigenvalue weighted by Crippen LogP contribution is -2.60. The summed E-state index contributed by atoms with van der Waals surface area (Å²) in [4.78, 5) is 62.2. The molecule has 0 radical (unpaired) electrons. The molecule has 1 amide bonds. The number of nitrogens with zero attached hydrogens (tertiary/aromatic N) is 5. The van der Waals surface area contributed by atoms with Crippen molar-refractivity contribution in [3.63, 3.8) is 0 Å². The Labute approximate surface area is 333 Å². The summed E-state index contributed by atoms with van der Waals surface area (Å²) >= 11 is 0. The van der Waals surface area contributed by atoms with Crippen LogP contribution in [0.2, 0.25) is 0 Å². The van der Waals surface area contributed by atoms with E-state index >= 15 is 0 Å². The summed E-state index contributed by atoms with van der Waals surface area (Å²) in [6.45, 7) is 13.9. The van der Waals surface area contributed by atoms with Crippen molar-refractivity contribution in [2.75, 3.05) is 19.4 Å². The van der Waals surface area contributed by atoms with Crippen molar-refractivity contribution >= 4 is 29.4 Å². The highest BCUT2D eigenvalue weighted by atomic mass is 16.7. The van der Waals surface area contributed by atoms with Gasteiger partial charge in [-0.25, -0.2) is 14.5 Å². The SMILES string of the molecule is CC[C@H]1OC(=O)[C@H](C)C(=O)[C@H](C)[C@@H](O[C@@H]2O[C@H](C)CC(N)C2O)[C@](C)(OC)C[C@@H](C)C(=O)[C@H](C)[C@H]2N(C/C=C/Cn3cc(-c4cccc(N)n4)nn3)C(=O)O[C@]12C. The number of fused-ring (bicyclic) bond motifs is 1. The molecule has 314 valence electrons. The van der Waals surface area contributed by atoms with E-state index in [2.05, 4.69) is 15.3 Å². The number of cyclic esters (lactones) is 1. The number of pyridine rings is 1. The van der Waals surface area contributed by atoms with Crippen LogP contribution in [0.1, 0.15) is 74.7 Å². The Balaban J connectivity index is 1.45. The first-order valence-electron chi connectivity index (χ1n) is 19.7. The minimum Gasteiger partial charge on any atom is -0.458 e. The van der Waals surface area contributed by atoms with Gasteiger partial charge in [0.05, 0.1) is 42.3 Å². The van der Waals surface area contributed by atoms with E-state index in [-0.39, 0.29) is 31.3 Å². The smallest absolute Gasteiger partial charge is 0.411 e. The molecule has 17 nitrogen and oxygen atoms in total. The number of Topliss-reactive ketones (excluding diaryl/α,β-unsaturated/α-hetero) is 2. The summed E-state index contributed by atoms with van der Waals surface area (Å²) in [7, 11) is 1.45. The molecule has 3 aliphatic rings.